The summed E-state index contributed by atoms with van der Waals surface area (Å²) in [4.78, 5) is 6.83. The summed E-state index contributed by atoms with van der Waals surface area (Å²) in [5.41, 5.74) is 9.57. The molecule has 1 aliphatic heterocycles. The number of aromatic nitrogens is 1. The van der Waals surface area contributed by atoms with Crippen LogP contribution in [-0.2, 0) is 11.3 Å². The highest BCUT2D eigenvalue weighted by Gasteiger charge is 2.11. The lowest BCUT2D eigenvalue weighted by atomic mass is 10.3. The van der Waals surface area contributed by atoms with Crippen LogP contribution in [0.5, 0.6) is 0 Å². The van der Waals surface area contributed by atoms with Gasteiger partial charge in [0.25, 0.3) is 0 Å². The number of ether oxygens (including phenoxy) is 1. The van der Waals surface area contributed by atoms with Gasteiger partial charge in [-0.3, -0.25) is 15.3 Å². The van der Waals surface area contributed by atoms with Gasteiger partial charge in [-0.15, -0.1) is 0 Å². The van der Waals surface area contributed by atoms with Crippen LogP contribution in [0.3, 0.4) is 0 Å². The first kappa shape index (κ1) is 13.9. The Hall–Kier alpha value is -1.57. The van der Waals surface area contributed by atoms with Gasteiger partial charge in [0.2, 0.25) is 0 Å². The van der Waals surface area contributed by atoms with E-state index in [1.807, 2.05) is 18.2 Å². The number of hydrogen-bond acceptors (Lipinski definition) is 5. The molecule has 3 N–H and O–H groups in total. The summed E-state index contributed by atoms with van der Waals surface area (Å²) < 4.78 is 5.32. The van der Waals surface area contributed by atoms with Gasteiger partial charge in [-0.25, -0.2) is 0 Å². The van der Waals surface area contributed by atoms with Crippen molar-refractivity contribution in [3.8, 4) is 0 Å². The van der Waals surface area contributed by atoms with Crippen LogP contribution in [-0.4, -0.2) is 47.5 Å². The number of morpholine rings is 1. The molecule has 0 bridgehead atoms. The summed E-state index contributed by atoms with van der Waals surface area (Å²) in [6.45, 7) is 4.30. The van der Waals surface area contributed by atoms with Crippen molar-refractivity contribution in [3.05, 3.63) is 29.6 Å². The number of rotatable bonds is 4. The lowest BCUT2D eigenvalue weighted by molar-refractivity contribution is 0.0336. The van der Waals surface area contributed by atoms with Crippen molar-refractivity contribution in [1.29, 1.82) is 0 Å². The van der Waals surface area contributed by atoms with E-state index in [1.54, 1.807) is 6.21 Å². The molecule has 1 saturated heterocycles. The van der Waals surface area contributed by atoms with Crippen molar-refractivity contribution in [2.75, 3.05) is 26.3 Å². The summed E-state index contributed by atoms with van der Waals surface area (Å²) >= 11 is 4.66. The maximum atomic E-state index is 5.32. The van der Waals surface area contributed by atoms with Gasteiger partial charge in [0.1, 0.15) is 0 Å². The molecule has 6 nitrogen and oxygen atoms in total. The second kappa shape index (κ2) is 7.13. The third kappa shape index (κ3) is 4.90. The second-order valence-electron chi connectivity index (χ2n) is 4.18. The van der Waals surface area contributed by atoms with E-state index in [0.717, 1.165) is 44.2 Å². The topological polar surface area (TPSA) is 75.8 Å². The van der Waals surface area contributed by atoms with Crippen molar-refractivity contribution in [2.24, 2.45) is 10.8 Å². The minimum Gasteiger partial charge on any atom is -0.379 e. The smallest absolute Gasteiger partial charge is 0.184 e. The Labute approximate surface area is 117 Å². The first-order valence-electron chi connectivity index (χ1n) is 6.08. The summed E-state index contributed by atoms with van der Waals surface area (Å²) in [5.74, 6) is 0. The Balaban J connectivity index is 1.94. The van der Waals surface area contributed by atoms with Crippen LogP contribution in [0, 0.1) is 0 Å². The van der Waals surface area contributed by atoms with E-state index in [1.165, 1.54) is 0 Å². The van der Waals surface area contributed by atoms with Crippen LogP contribution in [0.1, 0.15) is 11.4 Å². The van der Waals surface area contributed by atoms with Gasteiger partial charge in [0.15, 0.2) is 5.11 Å². The molecular weight excluding hydrogens is 262 g/mol. The van der Waals surface area contributed by atoms with Crippen LogP contribution < -0.4 is 11.2 Å². The van der Waals surface area contributed by atoms with Crippen LogP contribution in [0.25, 0.3) is 0 Å². The number of pyridine rings is 1. The van der Waals surface area contributed by atoms with E-state index < -0.39 is 0 Å². The van der Waals surface area contributed by atoms with Crippen molar-refractivity contribution in [1.82, 2.24) is 15.3 Å². The summed E-state index contributed by atoms with van der Waals surface area (Å²) in [6, 6.07) is 5.85. The van der Waals surface area contributed by atoms with Gasteiger partial charge in [0, 0.05) is 19.6 Å². The molecule has 1 aromatic heterocycles. The predicted molar refractivity (Wildman–Crippen MR) is 77.8 cm³/mol. The molecule has 0 saturated carbocycles. The molecule has 0 radical (unpaired) electrons. The Morgan fingerprint density at radius 3 is 3.05 bits per heavy atom. The fourth-order valence-electron chi connectivity index (χ4n) is 1.81. The molecule has 2 heterocycles. The fraction of sp³-hybridized carbons (Fsp3) is 0.417. The van der Waals surface area contributed by atoms with E-state index in [4.69, 9.17) is 10.5 Å². The van der Waals surface area contributed by atoms with Crippen LogP contribution in [0.2, 0.25) is 0 Å². The van der Waals surface area contributed by atoms with Crippen molar-refractivity contribution < 1.29 is 4.74 Å². The molecule has 1 aromatic rings. The molecule has 19 heavy (non-hydrogen) atoms. The number of nitrogens with zero attached hydrogens (tertiary/aromatic N) is 3. The third-order valence-corrected chi connectivity index (χ3v) is 2.78. The van der Waals surface area contributed by atoms with Crippen LogP contribution in [0.4, 0.5) is 0 Å². The molecule has 0 unspecified atom stereocenters. The SMILES string of the molecule is NC(=S)N/N=C/c1cccc(CN2CCOCC2)n1. The molecule has 102 valence electrons. The summed E-state index contributed by atoms with van der Waals surface area (Å²) in [5, 5.41) is 4.03. The number of thiocarbonyl (C=S) groups is 1. The van der Waals surface area contributed by atoms with E-state index >= 15 is 0 Å². The standard InChI is InChI=1S/C12H17N5OS/c13-12(19)16-14-8-10-2-1-3-11(15-10)9-17-4-6-18-7-5-17/h1-3,8H,4-7,9H2,(H3,13,16,19)/b14-8+. The average molecular weight is 279 g/mol. The fourth-order valence-corrected chi connectivity index (χ4v) is 1.86. The predicted octanol–water partition coefficient (Wildman–Crippen LogP) is 0.0809. The zero-order chi connectivity index (χ0) is 13.5. The average Bonchev–Trinajstić information content (AvgIpc) is 2.40. The van der Waals surface area contributed by atoms with Crippen molar-refractivity contribution in [2.45, 2.75) is 6.54 Å². The maximum absolute atomic E-state index is 5.32. The molecule has 0 aromatic carbocycles. The van der Waals surface area contributed by atoms with Crippen molar-refractivity contribution >= 4 is 23.5 Å². The molecule has 1 aliphatic rings. The largest absolute Gasteiger partial charge is 0.379 e. The summed E-state index contributed by atoms with van der Waals surface area (Å²) in [6.07, 6.45) is 1.60. The van der Waals surface area contributed by atoms with Crippen LogP contribution in [0.15, 0.2) is 23.3 Å². The van der Waals surface area contributed by atoms with Gasteiger partial charge >= 0.3 is 0 Å². The Bertz CT molecular complexity index is 459. The number of hydrazone groups is 1. The Kier molecular flexibility index (Phi) is 5.20. The van der Waals surface area contributed by atoms with E-state index in [0.29, 0.717) is 0 Å². The minimum absolute atomic E-state index is 0.140. The van der Waals surface area contributed by atoms with Gasteiger partial charge in [-0.2, -0.15) is 5.10 Å². The first-order chi connectivity index (χ1) is 9.24. The third-order valence-electron chi connectivity index (χ3n) is 2.69. The van der Waals surface area contributed by atoms with Crippen LogP contribution >= 0.6 is 12.2 Å². The molecule has 0 atom stereocenters. The lowest BCUT2D eigenvalue weighted by Gasteiger charge is -2.26. The van der Waals surface area contributed by atoms with Crippen molar-refractivity contribution in [3.63, 3.8) is 0 Å². The van der Waals surface area contributed by atoms with Gasteiger partial charge in [0.05, 0.1) is 30.8 Å². The zero-order valence-electron chi connectivity index (χ0n) is 10.6. The monoisotopic (exact) mass is 279 g/mol. The molecule has 7 heteroatoms. The highest BCUT2D eigenvalue weighted by atomic mass is 32.1. The van der Waals surface area contributed by atoms with E-state index in [9.17, 15) is 0 Å². The number of nitrogens with one attached hydrogen (secondary N) is 1. The van der Waals surface area contributed by atoms with E-state index in [-0.39, 0.29) is 5.11 Å². The molecule has 0 spiro atoms. The molecule has 2 rings (SSSR count). The van der Waals surface area contributed by atoms with Gasteiger partial charge in [-0.05, 0) is 24.4 Å². The van der Waals surface area contributed by atoms with Gasteiger partial charge < -0.3 is 10.5 Å². The lowest BCUT2D eigenvalue weighted by Crippen LogP contribution is -2.35. The summed E-state index contributed by atoms with van der Waals surface area (Å²) in [7, 11) is 0. The maximum Gasteiger partial charge on any atom is 0.184 e. The Morgan fingerprint density at radius 1 is 1.53 bits per heavy atom. The van der Waals surface area contributed by atoms with Gasteiger partial charge in [-0.1, -0.05) is 6.07 Å². The molecule has 1 fully saturated rings. The zero-order valence-corrected chi connectivity index (χ0v) is 11.4. The quantitative estimate of drug-likeness (QED) is 0.462. The first-order valence-corrected chi connectivity index (χ1v) is 6.49. The highest BCUT2D eigenvalue weighted by molar-refractivity contribution is 7.80. The molecular formula is C12H17N5OS. The number of nitrogens with two attached hydrogens (primary N) is 1. The second-order valence-corrected chi connectivity index (χ2v) is 4.62. The molecule has 0 aliphatic carbocycles. The normalized spacial score (nSPS) is 16.6. The number of hydrogen-bond donors (Lipinski definition) is 2. The Morgan fingerprint density at radius 2 is 2.32 bits per heavy atom. The highest BCUT2D eigenvalue weighted by Crippen LogP contribution is 2.05. The van der Waals surface area contributed by atoms with E-state index in [2.05, 4.69) is 32.6 Å². The minimum atomic E-state index is 0.140. The molecule has 0 amide bonds.